The number of hydrazone groups is 1. The average Bonchev–Trinajstić information content (AvgIpc) is 3.05. The third kappa shape index (κ3) is 5.30. The molecule has 9 nitrogen and oxygen atoms in total. The number of nitrogens with two attached hydrogens (primary N) is 1. The van der Waals surface area contributed by atoms with Crippen molar-refractivity contribution >= 4 is 50.9 Å². The first-order valence-electron chi connectivity index (χ1n) is 8.12. The molecule has 3 rings (SSSR count). The van der Waals surface area contributed by atoms with Crippen LogP contribution in [-0.2, 0) is 4.79 Å². The molecule has 0 aliphatic rings. The molecule has 0 atom stereocenters. The van der Waals surface area contributed by atoms with E-state index in [1.165, 1.54) is 16.4 Å². The Morgan fingerprint density at radius 3 is 2.82 bits per heavy atom. The average molecular weight is 461 g/mol. The number of hydrogen-bond donors (Lipinski definition) is 3. The van der Waals surface area contributed by atoms with Gasteiger partial charge >= 0.3 is 0 Å². The van der Waals surface area contributed by atoms with E-state index in [0.717, 1.165) is 15.7 Å². The van der Waals surface area contributed by atoms with Crippen molar-refractivity contribution in [1.82, 2.24) is 19.9 Å². The van der Waals surface area contributed by atoms with E-state index in [1.54, 1.807) is 12.4 Å². The Morgan fingerprint density at radius 2 is 2.07 bits per heavy atom. The Morgan fingerprint density at radius 1 is 1.29 bits per heavy atom. The Kier molecular flexibility index (Phi) is 6.61. The molecular weight excluding hydrogens is 444 g/mol. The maximum atomic E-state index is 12.1. The molecular formula is C17H17BrN8OS. The van der Waals surface area contributed by atoms with Crippen LogP contribution in [0.3, 0.4) is 0 Å². The van der Waals surface area contributed by atoms with Gasteiger partial charge in [0.25, 0.3) is 5.95 Å². The van der Waals surface area contributed by atoms with Gasteiger partial charge in [0, 0.05) is 28.1 Å². The minimum atomic E-state index is -0.174. The summed E-state index contributed by atoms with van der Waals surface area (Å²) in [5.41, 5.74) is 5.15. The Hall–Kier alpha value is -2.92. The highest BCUT2D eigenvalue weighted by molar-refractivity contribution is 9.10. The molecule has 144 valence electrons. The highest BCUT2D eigenvalue weighted by Gasteiger charge is 2.12. The summed E-state index contributed by atoms with van der Waals surface area (Å²) < 4.78 is 2.14. The summed E-state index contributed by atoms with van der Waals surface area (Å²) in [4.78, 5) is 16.1. The molecule has 0 aliphatic carbocycles. The lowest BCUT2D eigenvalue weighted by atomic mass is 10.2. The van der Waals surface area contributed by atoms with E-state index in [-0.39, 0.29) is 17.6 Å². The van der Waals surface area contributed by atoms with Crippen molar-refractivity contribution in [2.24, 2.45) is 5.10 Å². The number of pyridine rings is 1. The van der Waals surface area contributed by atoms with Crippen LogP contribution in [0.1, 0.15) is 12.5 Å². The number of thioether (sulfide) groups is 1. The SMILES string of the molecule is C/C(=N\Nc1nnc(SCC(=O)Nc2cccc(Br)c2)n1N)c1ccncc1. The van der Waals surface area contributed by atoms with Crippen LogP contribution in [0.15, 0.2) is 63.5 Å². The van der Waals surface area contributed by atoms with Gasteiger partial charge in [0.15, 0.2) is 0 Å². The molecule has 28 heavy (non-hydrogen) atoms. The number of halogens is 1. The first-order valence-corrected chi connectivity index (χ1v) is 9.90. The van der Waals surface area contributed by atoms with Crippen LogP contribution >= 0.6 is 27.7 Å². The van der Waals surface area contributed by atoms with Crippen molar-refractivity contribution in [3.05, 3.63) is 58.8 Å². The number of amides is 1. The molecule has 0 bridgehead atoms. The van der Waals surface area contributed by atoms with E-state index in [1.807, 2.05) is 43.3 Å². The fraction of sp³-hybridized carbons (Fsp3) is 0.118. The van der Waals surface area contributed by atoms with E-state index < -0.39 is 0 Å². The van der Waals surface area contributed by atoms with Gasteiger partial charge in [-0.3, -0.25) is 9.78 Å². The number of hydrogen-bond acceptors (Lipinski definition) is 8. The van der Waals surface area contributed by atoms with Gasteiger partial charge in [0.1, 0.15) is 0 Å². The third-order valence-corrected chi connectivity index (χ3v) is 4.96. The number of nitrogens with one attached hydrogen (secondary N) is 2. The zero-order valence-corrected chi connectivity index (χ0v) is 17.2. The summed E-state index contributed by atoms with van der Waals surface area (Å²) in [6.07, 6.45) is 3.38. The van der Waals surface area contributed by atoms with Crippen LogP contribution in [0.2, 0.25) is 0 Å². The molecule has 11 heteroatoms. The fourth-order valence-electron chi connectivity index (χ4n) is 2.14. The summed E-state index contributed by atoms with van der Waals surface area (Å²) in [7, 11) is 0. The first-order chi connectivity index (χ1) is 13.5. The van der Waals surface area contributed by atoms with Gasteiger partial charge in [0.2, 0.25) is 11.1 Å². The molecule has 0 saturated heterocycles. The maximum absolute atomic E-state index is 12.1. The predicted molar refractivity (Wildman–Crippen MR) is 114 cm³/mol. The van der Waals surface area contributed by atoms with Crippen molar-refractivity contribution in [2.45, 2.75) is 12.1 Å². The zero-order valence-electron chi connectivity index (χ0n) is 14.8. The second-order valence-corrected chi connectivity index (χ2v) is 7.43. The highest BCUT2D eigenvalue weighted by atomic mass is 79.9. The summed E-state index contributed by atoms with van der Waals surface area (Å²) >= 11 is 4.54. The van der Waals surface area contributed by atoms with Crippen molar-refractivity contribution in [2.75, 3.05) is 22.3 Å². The minimum absolute atomic E-state index is 0.140. The quantitative estimate of drug-likeness (QED) is 0.214. The van der Waals surface area contributed by atoms with Crippen LogP contribution in [0, 0.1) is 0 Å². The molecule has 1 amide bonds. The van der Waals surface area contributed by atoms with E-state index in [9.17, 15) is 4.79 Å². The second kappa shape index (κ2) is 9.33. The molecule has 2 heterocycles. The lowest BCUT2D eigenvalue weighted by Gasteiger charge is -2.06. The lowest BCUT2D eigenvalue weighted by molar-refractivity contribution is -0.113. The molecule has 1 aromatic carbocycles. The molecule has 0 unspecified atom stereocenters. The van der Waals surface area contributed by atoms with Crippen LogP contribution in [0.5, 0.6) is 0 Å². The van der Waals surface area contributed by atoms with Crippen molar-refractivity contribution in [1.29, 1.82) is 0 Å². The highest BCUT2D eigenvalue weighted by Crippen LogP contribution is 2.19. The summed E-state index contributed by atoms with van der Waals surface area (Å²) in [5, 5.41) is 15.4. The van der Waals surface area contributed by atoms with Gasteiger partial charge in [-0.1, -0.05) is 33.8 Å². The number of rotatable bonds is 7. The van der Waals surface area contributed by atoms with Crippen molar-refractivity contribution in [3.8, 4) is 0 Å². The van der Waals surface area contributed by atoms with E-state index >= 15 is 0 Å². The van der Waals surface area contributed by atoms with Gasteiger partial charge in [-0.25, -0.2) is 10.1 Å². The molecule has 0 radical (unpaired) electrons. The largest absolute Gasteiger partial charge is 0.334 e. The third-order valence-electron chi connectivity index (χ3n) is 3.53. The Labute approximate surface area is 173 Å². The number of nitrogen functional groups attached to an aromatic ring is 1. The number of benzene rings is 1. The van der Waals surface area contributed by atoms with Crippen LogP contribution in [0.25, 0.3) is 0 Å². The number of anilines is 2. The van der Waals surface area contributed by atoms with Crippen LogP contribution in [-0.4, -0.2) is 37.2 Å². The zero-order chi connectivity index (χ0) is 19.9. The summed E-state index contributed by atoms with van der Waals surface area (Å²) in [5.74, 6) is 6.21. The number of nitrogens with zero attached hydrogens (tertiary/aromatic N) is 5. The van der Waals surface area contributed by atoms with Gasteiger partial charge < -0.3 is 11.2 Å². The second-order valence-electron chi connectivity index (χ2n) is 5.57. The number of aromatic nitrogens is 4. The van der Waals surface area contributed by atoms with Crippen molar-refractivity contribution in [3.63, 3.8) is 0 Å². The minimum Gasteiger partial charge on any atom is -0.334 e. The normalized spacial score (nSPS) is 11.3. The van der Waals surface area contributed by atoms with E-state index in [0.29, 0.717) is 10.8 Å². The monoisotopic (exact) mass is 460 g/mol. The number of carbonyl (C=O) groups is 1. The smallest absolute Gasteiger partial charge is 0.264 e. The molecule has 2 aromatic heterocycles. The molecule has 0 aliphatic heterocycles. The molecule has 0 saturated carbocycles. The predicted octanol–water partition coefficient (Wildman–Crippen LogP) is 2.72. The van der Waals surface area contributed by atoms with E-state index in [4.69, 9.17) is 5.84 Å². The number of carbonyl (C=O) groups excluding carboxylic acids is 1. The Balaban J connectivity index is 1.56. The Bertz CT molecular complexity index is 992. The maximum Gasteiger partial charge on any atom is 0.264 e. The van der Waals surface area contributed by atoms with E-state index in [2.05, 4.69) is 47.0 Å². The van der Waals surface area contributed by atoms with Crippen LogP contribution < -0.4 is 16.6 Å². The summed E-state index contributed by atoms with van der Waals surface area (Å²) in [6, 6.07) is 11.0. The summed E-state index contributed by atoms with van der Waals surface area (Å²) in [6.45, 7) is 1.85. The van der Waals surface area contributed by atoms with Crippen LogP contribution in [0.4, 0.5) is 11.6 Å². The fourth-order valence-corrected chi connectivity index (χ4v) is 3.19. The molecule has 3 aromatic rings. The molecule has 0 fully saturated rings. The van der Waals surface area contributed by atoms with Gasteiger partial charge in [-0.2, -0.15) is 5.10 Å². The molecule has 4 N–H and O–H groups in total. The van der Waals surface area contributed by atoms with Gasteiger partial charge in [-0.05, 0) is 37.3 Å². The first kappa shape index (κ1) is 19.8. The van der Waals surface area contributed by atoms with Gasteiger partial charge in [-0.15, -0.1) is 10.2 Å². The van der Waals surface area contributed by atoms with Crippen molar-refractivity contribution < 1.29 is 4.79 Å². The standard InChI is InChI=1S/C17H17BrN8OS/c1-11(12-5-7-20-8-6-12)22-23-16-24-25-17(26(16)19)28-10-15(27)21-14-4-2-3-13(18)9-14/h2-9H,10,19H2,1H3,(H,21,27)(H,23,24)/b22-11+. The molecule has 0 spiro atoms. The lowest BCUT2D eigenvalue weighted by Crippen LogP contribution is -2.17. The van der Waals surface area contributed by atoms with Gasteiger partial charge in [0.05, 0.1) is 11.5 Å². The topological polar surface area (TPSA) is 123 Å².